The molecule has 5 nitrogen and oxygen atoms in total. The van der Waals surface area contributed by atoms with Crippen molar-refractivity contribution in [3.8, 4) is 5.75 Å². The Morgan fingerprint density at radius 3 is 2.84 bits per heavy atom. The smallest absolute Gasteiger partial charge is 0.261 e. The van der Waals surface area contributed by atoms with Crippen LogP contribution in [0.25, 0.3) is 0 Å². The molecule has 2 aliphatic rings. The molecule has 6 heteroatoms. The van der Waals surface area contributed by atoms with Crippen LogP contribution in [0.5, 0.6) is 5.75 Å². The molecule has 1 fully saturated rings. The predicted octanol–water partition coefficient (Wildman–Crippen LogP) is 2.24. The van der Waals surface area contributed by atoms with E-state index in [2.05, 4.69) is 27.7 Å². The Balaban J connectivity index is 1.39. The van der Waals surface area contributed by atoms with Gasteiger partial charge in [0.15, 0.2) is 6.10 Å². The zero-order valence-corrected chi connectivity index (χ0v) is 14.8. The van der Waals surface area contributed by atoms with Crippen molar-refractivity contribution < 1.29 is 14.3 Å². The lowest BCUT2D eigenvalue weighted by molar-refractivity contribution is -0.127. The van der Waals surface area contributed by atoms with Crippen LogP contribution in [0.15, 0.2) is 41.8 Å². The van der Waals surface area contributed by atoms with E-state index in [9.17, 15) is 4.79 Å². The molecular weight excluding hydrogens is 336 g/mol. The second-order valence-corrected chi connectivity index (χ2v) is 7.32. The first-order chi connectivity index (χ1) is 12.3. The molecule has 2 atom stereocenters. The molecule has 1 amide bonds. The Kier molecular flexibility index (Phi) is 5.01. The number of carbonyl (C=O) groups is 1. The van der Waals surface area contributed by atoms with Crippen molar-refractivity contribution in [2.45, 2.75) is 18.6 Å². The molecule has 2 aromatic rings. The van der Waals surface area contributed by atoms with Gasteiger partial charge in [0.25, 0.3) is 5.91 Å². The summed E-state index contributed by atoms with van der Waals surface area (Å²) in [6.45, 7) is 3.87. The number of morpholine rings is 1. The molecule has 0 saturated carbocycles. The fourth-order valence-corrected chi connectivity index (χ4v) is 4.28. The third-order valence-corrected chi connectivity index (χ3v) is 5.74. The maximum atomic E-state index is 12.6. The lowest BCUT2D eigenvalue weighted by Gasteiger charge is -2.34. The Hall–Kier alpha value is -1.89. The molecule has 0 spiro atoms. The summed E-state index contributed by atoms with van der Waals surface area (Å²) in [5, 5.41) is 5.19. The van der Waals surface area contributed by atoms with E-state index >= 15 is 0 Å². The minimum absolute atomic E-state index is 0.0361. The number of fused-ring (bicyclic) bond motifs is 1. The Labute approximate surface area is 151 Å². The quantitative estimate of drug-likeness (QED) is 0.891. The fourth-order valence-electron chi connectivity index (χ4n) is 3.42. The number of benzene rings is 1. The van der Waals surface area contributed by atoms with Gasteiger partial charge in [-0.05, 0) is 23.1 Å². The minimum Gasteiger partial charge on any atom is -0.480 e. The zero-order valence-electron chi connectivity index (χ0n) is 14.0. The summed E-state index contributed by atoms with van der Waals surface area (Å²) < 4.78 is 11.3. The number of thiophene rings is 1. The predicted molar refractivity (Wildman–Crippen MR) is 97.0 cm³/mol. The van der Waals surface area contributed by atoms with Crippen molar-refractivity contribution in [1.29, 1.82) is 0 Å². The van der Waals surface area contributed by atoms with E-state index < -0.39 is 6.10 Å². The number of nitrogens with one attached hydrogen (secondary N) is 1. The van der Waals surface area contributed by atoms with Crippen LogP contribution >= 0.6 is 11.3 Å². The zero-order chi connectivity index (χ0) is 17.1. The molecule has 3 heterocycles. The number of ether oxygens (including phenoxy) is 2. The second-order valence-electron chi connectivity index (χ2n) is 6.34. The number of amides is 1. The molecule has 1 aromatic heterocycles. The normalized spacial score (nSPS) is 21.4. The standard InChI is InChI=1S/C19H22N2O3S/c22-19(17-12-14-4-1-2-5-16(14)24-17)20-13-15(18-6-3-11-25-18)21-7-9-23-10-8-21/h1-6,11,15,17H,7-10,12-13H2,(H,20,22)/t15-,17+/m0/s1. The highest BCUT2D eigenvalue weighted by molar-refractivity contribution is 7.10. The van der Waals surface area contributed by atoms with Crippen LogP contribution < -0.4 is 10.1 Å². The van der Waals surface area contributed by atoms with Crippen LogP contribution in [0, 0.1) is 0 Å². The molecule has 1 N–H and O–H groups in total. The van der Waals surface area contributed by atoms with E-state index in [0.29, 0.717) is 13.0 Å². The molecule has 0 radical (unpaired) electrons. The highest BCUT2D eigenvalue weighted by atomic mass is 32.1. The Morgan fingerprint density at radius 1 is 1.24 bits per heavy atom. The molecule has 25 heavy (non-hydrogen) atoms. The molecular formula is C19H22N2O3S. The Morgan fingerprint density at radius 2 is 2.08 bits per heavy atom. The number of hydrogen-bond acceptors (Lipinski definition) is 5. The van der Waals surface area contributed by atoms with Gasteiger partial charge in [0.2, 0.25) is 0 Å². The summed E-state index contributed by atoms with van der Waals surface area (Å²) in [5.74, 6) is 0.789. The number of carbonyl (C=O) groups excluding carboxylic acids is 1. The summed E-state index contributed by atoms with van der Waals surface area (Å²) in [6.07, 6.45) is 0.217. The van der Waals surface area contributed by atoms with Crippen molar-refractivity contribution in [2.24, 2.45) is 0 Å². The van der Waals surface area contributed by atoms with Crippen LogP contribution in [0.2, 0.25) is 0 Å². The molecule has 132 valence electrons. The summed E-state index contributed by atoms with van der Waals surface area (Å²) in [6, 6.07) is 12.2. The van der Waals surface area contributed by atoms with Crippen LogP contribution in [0.3, 0.4) is 0 Å². The third-order valence-electron chi connectivity index (χ3n) is 4.77. The van der Waals surface area contributed by atoms with Crippen molar-refractivity contribution in [2.75, 3.05) is 32.8 Å². The van der Waals surface area contributed by atoms with Crippen LogP contribution in [0.1, 0.15) is 16.5 Å². The van der Waals surface area contributed by atoms with Crippen molar-refractivity contribution in [3.63, 3.8) is 0 Å². The van der Waals surface area contributed by atoms with Gasteiger partial charge in [-0.2, -0.15) is 0 Å². The largest absolute Gasteiger partial charge is 0.480 e. The Bertz CT molecular complexity index is 688. The first-order valence-electron chi connectivity index (χ1n) is 8.69. The molecule has 2 aliphatic heterocycles. The minimum atomic E-state index is -0.425. The summed E-state index contributed by atoms with van der Waals surface area (Å²) in [5.41, 5.74) is 1.10. The molecule has 0 bridgehead atoms. The average molecular weight is 358 g/mol. The third kappa shape index (κ3) is 3.71. The van der Waals surface area contributed by atoms with Crippen LogP contribution in [0.4, 0.5) is 0 Å². The van der Waals surface area contributed by atoms with Gasteiger partial charge in [0.05, 0.1) is 19.3 Å². The van der Waals surface area contributed by atoms with E-state index in [1.165, 1.54) is 4.88 Å². The molecule has 1 saturated heterocycles. The molecule has 4 rings (SSSR count). The SMILES string of the molecule is O=C(NC[C@@H](c1cccs1)N1CCOCC1)[C@H]1Cc2ccccc2O1. The number of rotatable bonds is 5. The van der Waals surface area contributed by atoms with Gasteiger partial charge in [-0.25, -0.2) is 0 Å². The van der Waals surface area contributed by atoms with Crippen molar-refractivity contribution in [1.82, 2.24) is 10.2 Å². The highest BCUT2D eigenvalue weighted by Gasteiger charge is 2.30. The number of para-hydroxylation sites is 1. The van der Waals surface area contributed by atoms with E-state index in [-0.39, 0.29) is 11.9 Å². The van der Waals surface area contributed by atoms with Crippen LogP contribution in [-0.4, -0.2) is 49.8 Å². The van der Waals surface area contributed by atoms with Gasteiger partial charge in [0.1, 0.15) is 5.75 Å². The van der Waals surface area contributed by atoms with E-state index in [1.54, 1.807) is 11.3 Å². The lowest BCUT2D eigenvalue weighted by Crippen LogP contribution is -2.46. The molecule has 0 unspecified atom stereocenters. The summed E-state index contributed by atoms with van der Waals surface area (Å²) in [7, 11) is 0. The lowest BCUT2D eigenvalue weighted by atomic mass is 10.1. The maximum Gasteiger partial charge on any atom is 0.261 e. The summed E-state index contributed by atoms with van der Waals surface area (Å²) >= 11 is 1.73. The fraction of sp³-hybridized carbons (Fsp3) is 0.421. The number of nitrogens with zero attached hydrogens (tertiary/aromatic N) is 1. The summed E-state index contributed by atoms with van der Waals surface area (Å²) in [4.78, 5) is 16.3. The highest BCUT2D eigenvalue weighted by Crippen LogP contribution is 2.29. The monoisotopic (exact) mass is 358 g/mol. The molecule has 1 aromatic carbocycles. The van der Waals surface area contributed by atoms with Gasteiger partial charge >= 0.3 is 0 Å². The van der Waals surface area contributed by atoms with Gasteiger partial charge < -0.3 is 14.8 Å². The van der Waals surface area contributed by atoms with Crippen molar-refractivity contribution >= 4 is 17.2 Å². The maximum absolute atomic E-state index is 12.6. The van der Waals surface area contributed by atoms with Crippen molar-refractivity contribution in [3.05, 3.63) is 52.2 Å². The first kappa shape index (κ1) is 16.6. The topological polar surface area (TPSA) is 50.8 Å². The second kappa shape index (κ2) is 7.56. The van der Waals surface area contributed by atoms with E-state index in [4.69, 9.17) is 9.47 Å². The first-order valence-corrected chi connectivity index (χ1v) is 9.57. The van der Waals surface area contributed by atoms with Gasteiger partial charge in [-0.3, -0.25) is 9.69 Å². The average Bonchev–Trinajstić information content (AvgIpc) is 3.32. The van der Waals surface area contributed by atoms with Crippen LogP contribution in [-0.2, 0) is 16.0 Å². The van der Waals surface area contributed by atoms with E-state index in [0.717, 1.165) is 37.6 Å². The van der Waals surface area contributed by atoms with Gasteiger partial charge in [-0.15, -0.1) is 11.3 Å². The van der Waals surface area contributed by atoms with Gasteiger partial charge in [-0.1, -0.05) is 24.3 Å². The van der Waals surface area contributed by atoms with Gasteiger partial charge in [0, 0.05) is 30.9 Å². The number of hydrogen-bond donors (Lipinski definition) is 1. The molecule has 0 aliphatic carbocycles. The van der Waals surface area contributed by atoms with E-state index in [1.807, 2.05) is 24.3 Å².